The summed E-state index contributed by atoms with van der Waals surface area (Å²) in [7, 11) is 0. The van der Waals surface area contributed by atoms with E-state index < -0.39 is 0 Å². The predicted molar refractivity (Wildman–Crippen MR) is 137 cm³/mol. The fourth-order valence-corrected chi connectivity index (χ4v) is 4.60. The molecular weight excluding hydrogens is 441 g/mol. The molecule has 186 valence electrons. The first kappa shape index (κ1) is 25.0. The lowest BCUT2D eigenvalue weighted by Crippen LogP contribution is -2.44. The van der Waals surface area contributed by atoms with Gasteiger partial charge in [-0.25, -0.2) is 4.39 Å². The molecule has 1 heterocycles. The maximum atomic E-state index is 13.5. The van der Waals surface area contributed by atoms with Gasteiger partial charge in [0.1, 0.15) is 12.4 Å². The van der Waals surface area contributed by atoms with Crippen LogP contribution in [0.5, 0.6) is 0 Å². The fraction of sp³-hybridized carbons (Fsp3) is 0.448. The summed E-state index contributed by atoms with van der Waals surface area (Å²) in [6.07, 6.45) is 9.36. The smallest absolute Gasteiger partial charge is 0.242 e. The fourth-order valence-electron chi connectivity index (χ4n) is 4.60. The van der Waals surface area contributed by atoms with Gasteiger partial charge in [0.15, 0.2) is 0 Å². The van der Waals surface area contributed by atoms with Crippen LogP contribution in [0.3, 0.4) is 0 Å². The third kappa shape index (κ3) is 6.93. The van der Waals surface area contributed by atoms with E-state index in [0.29, 0.717) is 25.9 Å². The number of para-hydroxylation sites is 1. The summed E-state index contributed by atoms with van der Waals surface area (Å²) in [6.45, 7) is 3.20. The minimum absolute atomic E-state index is 0.0528. The molecule has 1 aliphatic rings. The highest BCUT2D eigenvalue weighted by atomic mass is 19.1. The summed E-state index contributed by atoms with van der Waals surface area (Å²) in [5.41, 5.74) is 3.11. The number of halogens is 1. The number of H-pyrrole nitrogens is 1. The van der Waals surface area contributed by atoms with Gasteiger partial charge in [0.05, 0.1) is 0 Å². The molecule has 0 radical (unpaired) electrons. The van der Waals surface area contributed by atoms with Crippen LogP contribution in [0, 0.1) is 5.82 Å². The van der Waals surface area contributed by atoms with Gasteiger partial charge in [0, 0.05) is 42.7 Å². The topological polar surface area (TPSA) is 56.4 Å². The molecule has 1 N–H and O–H groups in total. The van der Waals surface area contributed by atoms with Crippen molar-refractivity contribution in [3.8, 4) is 0 Å². The van der Waals surface area contributed by atoms with Crippen LogP contribution in [0.15, 0.2) is 54.7 Å². The number of rotatable bonds is 13. The van der Waals surface area contributed by atoms with Crippen LogP contribution in [0.2, 0.25) is 0 Å². The highest BCUT2D eigenvalue weighted by Gasteiger charge is 2.34. The Morgan fingerprint density at radius 1 is 1.00 bits per heavy atom. The summed E-state index contributed by atoms with van der Waals surface area (Å²) in [5, 5.41) is 1.16. The lowest BCUT2D eigenvalue weighted by atomic mass is 10.1. The Morgan fingerprint density at radius 2 is 1.77 bits per heavy atom. The van der Waals surface area contributed by atoms with E-state index in [0.717, 1.165) is 60.6 Å². The Balaban J connectivity index is 1.45. The zero-order chi connectivity index (χ0) is 24.6. The molecule has 0 spiro atoms. The van der Waals surface area contributed by atoms with E-state index in [1.807, 2.05) is 29.3 Å². The van der Waals surface area contributed by atoms with Crippen molar-refractivity contribution in [3.05, 3.63) is 71.7 Å². The Labute approximate surface area is 207 Å². The summed E-state index contributed by atoms with van der Waals surface area (Å²) in [6, 6.07) is 14.6. The number of carbonyl (C=O) groups excluding carboxylic acids is 2. The number of nitrogens with one attached hydrogen (secondary N) is 1. The third-order valence-electron chi connectivity index (χ3n) is 6.82. The Morgan fingerprint density at radius 3 is 2.51 bits per heavy atom. The van der Waals surface area contributed by atoms with Crippen molar-refractivity contribution in [2.75, 3.05) is 13.1 Å². The van der Waals surface area contributed by atoms with Gasteiger partial charge in [-0.05, 0) is 55.0 Å². The summed E-state index contributed by atoms with van der Waals surface area (Å²) in [4.78, 5) is 33.4. The van der Waals surface area contributed by atoms with E-state index in [1.165, 1.54) is 12.1 Å². The molecule has 5 nitrogen and oxygen atoms in total. The Bertz CT molecular complexity index is 1120. The molecule has 1 saturated carbocycles. The van der Waals surface area contributed by atoms with Gasteiger partial charge in [0.2, 0.25) is 11.8 Å². The van der Waals surface area contributed by atoms with E-state index in [1.54, 1.807) is 17.0 Å². The monoisotopic (exact) mass is 477 g/mol. The maximum Gasteiger partial charge on any atom is 0.242 e. The minimum Gasteiger partial charge on any atom is -0.361 e. The molecule has 0 saturated heterocycles. The molecule has 0 unspecified atom stereocenters. The van der Waals surface area contributed by atoms with Crippen molar-refractivity contribution in [2.24, 2.45) is 0 Å². The lowest BCUT2D eigenvalue weighted by Gasteiger charge is -2.28. The molecule has 2 aromatic carbocycles. The number of aromatic amines is 1. The van der Waals surface area contributed by atoms with Crippen LogP contribution < -0.4 is 0 Å². The lowest BCUT2D eigenvalue weighted by molar-refractivity contribution is -0.141. The van der Waals surface area contributed by atoms with Crippen molar-refractivity contribution in [2.45, 2.75) is 70.9 Å². The van der Waals surface area contributed by atoms with Gasteiger partial charge in [-0.3, -0.25) is 9.59 Å². The molecule has 0 atom stereocenters. The van der Waals surface area contributed by atoms with Gasteiger partial charge in [-0.1, -0.05) is 56.5 Å². The van der Waals surface area contributed by atoms with E-state index in [-0.39, 0.29) is 30.2 Å². The largest absolute Gasteiger partial charge is 0.361 e. The number of amides is 2. The summed E-state index contributed by atoms with van der Waals surface area (Å²) < 4.78 is 13.4. The zero-order valence-electron chi connectivity index (χ0n) is 20.6. The van der Waals surface area contributed by atoms with E-state index in [9.17, 15) is 14.0 Å². The van der Waals surface area contributed by atoms with Crippen molar-refractivity contribution in [3.63, 3.8) is 0 Å². The van der Waals surface area contributed by atoms with Crippen molar-refractivity contribution in [1.82, 2.24) is 14.8 Å². The molecule has 1 fully saturated rings. The molecule has 1 aromatic heterocycles. The Hall–Kier alpha value is -3.15. The normalized spacial score (nSPS) is 13.2. The molecule has 0 aliphatic heterocycles. The standard InChI is InChI=1S/C29H36FN3O2/c1-2-3-4-5-10-28(34)33(25-15-16-25)21-29(35)32(20-22-11-13-24(30)14-12-22)18-17-23-19-31-27-9-7-6-8-26(23)27/h6-9,11-14,19,25,31H,2-5,10,15-18,20-21H2,1H3. The molecule has 1 aliphatic carbocycles. The van der Waals surface area contributed by atoms with Gasteiger partial charge in [-0.15, -0.1) is 0 Å². The number of nitrogens with zero attached hydrogens (tertiary/aromatic N) is 2. The SMILES string of the molecule is CCCCCCC(=O)N(CC(=O)N(CCc1c[nH]c2ccccc12)Cc1ccc(F)cc1)C1CC1. The van der Waals surface area contributed by atoms with Gasteiger partial charge < -0.3 is 14.8 Å². The van der Waals surface area contributed by atoms with Crippen LogP contribution in [-0.4, -0.2) is 45.7 Å². The molecule has 6 heteroatoms. The second-order valence-electron chi connectivity index (χ2n) is 9.61. The number of benzene rings is 2. The molecule has 35 heavy (non-hydrogen) atoms. The number of hydrogen-bond acceptors (Lipinski definition) is 2. The quantitative estimate of drug-likeness (QED) is 0.315. The zero-order valence-corrected chi connectivity index (χ0v) is 20.6. The average Bonchev–Trinajstić information content (AvgIpc) is 3.63. The van der Waals surface area contributed by atoms with Crippen LogP contribution >= 0.6 is 0 Å². The molecular formula is C29H36FN3O2. The molecule has 3 aromatic rings. The van der Waals surface area contributed by atoms with Gasteiger partial charge in [0.25, 0.3) is 0 Å². The molecule has 4 rings (SSSR count). The van der Waals surface area contributed by atoms with Crippen molar-refractivity contribution in [1.29, 1.82) is 0 Å². The number of aromatic nitrogens is 1. The van der Waals surface area contributed by atoms with Crippen LogP contribution in [0.4, 0.5) is 4.39 Å². The van der Waals surface area contributed by atoms with E-state index in [2.05, 4.69) is 18.0 Å². The average molecular weight is 478 g/mol. The first-order valence-corrected chi connectivity index (χ1v) is 12.9. The molecule has 0 bridgehead atoms. The maximum absolute atomic E-state index is 13.5. The number of hydrogen-bond donors (Lipinski definition) is 1. The first-order chi connectivity index (χ1) is 17.0. The first-order valence-electron chi connectivity index (χ1n) is 12.9. The van der Waals surface area contributed by atoms with Crippen LogP contribution in [0.25, 0.3) is 10.9 Å². The Kier molecular flexibility index (Phi) is 8.56. The second-order valence-corrected chi connectivity index (χ2v) is 9.61. The van der Waals surface area contributed by atoms with Crippen LogP contribution in [-0.2, 0) is 22.6 Å². The minimum atomic E-state index is -0.293. The molecule has 2 amide bonds. The number of unbranched alkanes of at least 4 members (excludes halogenated alkanes) is 3. The van der Waals surface area contributed by atoms with E-state index in [4.69, 9.17) is 0 Å². The van der Waals surface area contributed by atoms with Gasteiger partial charge >= 0.3 is 0 Å². The highest BCUT2D eigenvalue weighted by Crippen LogP contribution is 2.28. The van der Waals surface area contributed by atoms with Gasteiger partial charge in [-0.2, -0.15) is 0 Å². The third-order valence-corrected chi connectivity index (χ3v) is 6.82. The highest BCUT2D eigenvalue weighted by molar-refractivity contribution is 5.86. The van der Waals surface area contributed by atoms with Crippen molar-refractivity contribution < 1.29 is 14.0 Å². The predicted octanol–water partition coefficient (Wildman–Crippen LogP) is 5.84. The van der Waals surface area contributed by atoms with Crippen molar-refractivity contribution >= 4 is 22.7 Å². The number of carbonyl (C=O) groups is 2. The van der Waals surface area contributed by atoms with Crippen LogP contribution in [0.1, 0.15) is 63.0 Å². The second kappa shape index (κ2) is 12.0. The summed E-state index contributed by atoms with van der Waals surface area (Å²) >= 11 is 0. The number of fused-ring (bicyclic) bond motifs is 1. The summed E-state index contributed by atoms with van der Waals surface area (Å²) in [5.74, 6) is -0.253. The van der Waals surface area contributed by atoms with E-state index >= 15 is 0 Å².